The van der Waals surface area contributed by atoms with Gasteiger partial charge in [-0.2, -0.15) is 11.8 Å². The molecule has 1 aromatic heterocycles. The van der Waals surface area contributed by atoms with Gasteiger partial charge in [-0.25, -0.2) is 0 Å². The SMILES string of the molecule is CSCC(C)CNC(C)Cc1ccco1. The first-order valence-corrected chi connectivity index (χ1v) is 6.86. The molecule has 1 N–H and O–H groups in total. The Balaban J connectivity index is 2.16. The summed E-state index contributed by atoms with van der Waals surface area (Å²) in [4.78, 5) is 0. The first-order chi connectivity index (χ1) is 7.22. The molecule has 1 heterocycles. The van der Waals surface area contributed by atoms with Crippen molar-refractivity contribution in [2.45, 2.75) is 26.3 Å². The van der Waals surface area contributed by atoms with Crippen molar-refractivity contribution in [3.05, 3.63) is 24.2 Å². The van der Waals surface area contributed by atoms with E-state index in [4.69, 9.17) is 4.42 Å². The van der Waals surface area contributed by atoms with Gasteiger partial charge in [0.25, 0.3) is 0 Å². The molecule has 0 aromatic carbocycles. The molecule has 0 fully saturated rings. The van der Waals surface area contributed by atoms with Crippen LogP contribution in [-0.2, 0) is 6.42 Å². The van der Waals surface area contributed by atoms with E-state index in [2.05, 4.69) is 25.4 Å². The Morgan fingerprint density at radius 3 is 2.87 bits per heavy atom. The Bertz CT molecular complexity index is 248. The highest BCUT2D eigenvalue weighted by Crippen LogP contribution is 2.06. The molecule has 3 heteroatoms. The fraction of sp³-hybridized carbons (Fsp3) is 0.667. The molecule has 0 aliphatic carbocycles. The zero-order valence-corrected chi connectivity index (χ0v) is 10.6. The van der Waals surface area contributed by atoms with Gasteiger partial charge < -0.3 is 9.73 Å². The second-order valence-electron chi connectivity index (χ2n) is 4.15. The Labute approximate surface area is 96.8 Å². The van der Waals surface area contributed by atoms with Crippen molar-refractivity contribution in [1.82, 2.24) is 5.32 Å². The van der Waals surface area contributed by atoms with E-state index in [0.29, 0.717) is 6.04 Å². The van der Waals surface area contributed by atoms with Gasteiger partial charge in [-0.15, -0.1) is 0 Å². The van der Waals surface area contributed by atoms with Gasteiger partial charge in [0.15, 0.2) is 0 Å². The third kappa shape index (κ3) is 5.28. The minimum absolute atomic E-state index is 0.487. The lowest BCUT2D eigenvalue weighted by molar-refractivity contribution is 0.438. The highest BCUT2D eigenvalue weighted by Gasteiger charge is 2.07. The van der Waals surface area contributed by atoms with Crippen LogP contribution >= 0.6 is 11.8 Å². The molecule has 0 saturated heterocycles. The maximum atomic E-state index is 5.31. The third-order valence-corrected chi connectivity index (χ3v) is 3.26. The van der Waals surface area contributed by atoms with Crippen LogP contribution in [0.5, 0.6) is 0 Å². The van der Waals surface area contributed by atoms with Crippen molar-refractivity contribution in [3.8, 4) is 0 Å². The van der Waals surface area contributed by atoms with Crippen molar-refractivity contribution in [2.75, 3.05) is 18.6 Å². The van der Waals surface area contributed by atoms with E-state index in [-0.39, 0.29) is 0 Å². The fourth-order valence-electron chi connectivity index (χ4n) is 1.55. The second-order valence-corrected chi connectivity index (χ2v) is 5.06. The van der Waals surface area contributed by atoms with Crippen molar-refractivity contribution >= 4 is 11.8 Å². The minimum Gasteiger partial charge on any atom is -0.469 e. The van der Waals surface area contributed by atoms with Gasteiger partial charge in [-0.1, -0.05) is 6.92 Å². The van der Waals surface area contributed by atoms with Crippen LogP contribution in [0.25, 0.3) is 0 Å². The van der Waals surface area contributed by atoms with Gasteiger partial charge in [0.1, 0.15) is 5.76 Å². The molecule has 0 saturated carbocycles. The van der Waals surface area contributed by atoms with Gasteiger partial charge in [0.2, 0.25) is 0 Å². The van der Waals surface area contributed by atoms with Crippen molar-refractivity contribution in [1.29, 1.82) is 0 Å². The second kappa shape index (κ2) is 6.96. The summed E-state index contributed by atoms with van der Waals surface area (Å²) in [6.07, 6.45) is 4.86. The number of nitrogens with one attached hydrogen (secondary N) is 1. The van der Waals surface area contributed by atoms with Gasteiger partial charge >= 0.3 is 0 Å². The highest BCUT2D eigenvalue weighted by atomic mass is 32.2. The van der Waals surface area contributed by atoms with E-state index in [9.17, 15) is 0 Å². The molecule has 0 amide bonds. The van der Waals surface area contributed by atoms with E-state index in [1.165, 1.54) is 5.75 Å². The van der Waals surface area contributed by atoms with Gasteiger partial charge in [-0.3, -0.25) is 0 Å². The van der Waals surface area contributed by atoms with Crippen LogP contribution in [0.4, 0.5) is 0 Å². The van der Waals surface area contributed by atoms with Crippen LogP contribution in [0.15, 0.2) is 22.8 Å². The summed E-state index contributed by atoms with van der Waals surface area (Å²) in [7, 11) is 0. The highest BCUT2D eigenvalue weighted by molar-refractivity contribution is 7.98. The summed E-state index contributed by atoms with van der Waals surface area (Å²) in [6, 6.07) is 4.46. The summed E-state index contributed by atoms with van der Waals surface area (Å²) in [5, 5.41) is 3.53. The summed E-state index contributed by atoms with van der Waals surface area (Å²) < 4.78 is 5.31. The molecule has 1 rings (SSSR count). The van der Waals surface area contributed by atoms with Gasteiger partial charge in [-0.05, 0) is 43.5 Å². The standard InChI is InChI=1S/C12H21NOS/c1-10(9-15-3)8-13-11(2)7-12-5-4-6-14-12/h4-6,10-11,13H,7-9H2,1-3H3. The fourth-order valence-corrected chi connectivity index (χ4v) is 2.24. The molecule has 0 radical (unpaired) electrons. The molecule has 0 aliphatic heterocycles. The Kier molecular flexibility index (Phi) is 5.88. The number of furan rings is 1. The summed E-state index contributed by atoms with van der Waals surface area (Å²) >= 11 is 1.91. The lowest BCUT2D eigenvalue weighted by Gasteiger charge is -2.16. The topological polar surface area (TPSA) is 25.2 Å². The zero-order chi connectivity index (χ0) is 11.1. The van der Waals surface area contributed by atoms with Crippen LogP contribution in [0.2, 0.25) is 0 Å². The molecule has 15 heavy (non-hydrogen) atoms. The van der Waals surface area contributed by atoms with E-state index in [1.807, 2.05) is 23.9 Å². The molecular formula is C12H21NOS. The number of hydrogen-bond donors (Lipinski definition) is 1. The first kappa shape index (κ1) is 12.7. The third-order valence-electron chi connectivity index (χ3n) is 2.35. The molecule has 0 aliphatic rings. The Morgan fingerprint density at radius 2 is 2.27 bits per heavy atom. The minimum atomic E-state index is 0.487. The zero-order valence-electron chi connectivity index (χ0n) is 9.82. The van der Waals surface area contributed by atoms with Crippen molar-refractivity contribution in [2.24, 2.45) is 5.92 Å². The maximum absolute atomic E-state index is 5.31. The van der Waals surface area contributed by atoms with E-state index >= 15 is 0 Å². The summed E-state index contributed by atoms with van der Waals surface area (Å²) in [5.74, 6) is 3.02. The van der Waals surface area contributed by atoms with Gasteiger partial charge in [0, 0.05) is 12.5 Å². The van der Waals surface area contributed by atoms with Gasteiger partial charge in [0.05, 0.1) is 6.26 Å². The molecule has 0 bridgehead atoms. The molecule has 2 unspecified atom stereocenters. The predicted molar refractivity (Wildman–Crippen MR) is 67.4 cm³/mol. The molecule has 0 spiro atoms. The van der Waals surface area contributed by atoms with Crippen LogP contribution < -0.4 is 5.32 Å². The van der Waals surface area contributed by atoms with Crippen molar-refractivity contribution < 1.29 is 4.42 Å². The van der Waals surface area contributed by atoms with E-state index in [1.54, 1.807) is 6.26 Å². The Morgan fingerprint density at radius 1 is 1.47 bits per heavy atom. The average molecular weight is 227 g/mol. The number of thioether (sulfide) groups is 1. The molecule has 2 atom stereocenters. The lowest BCUT2D eigenvalue weighted by Crippen LogP contribution is -2.32. The molecular weight excluding hydrogens is 206 g/mol. The predicted octanol–water partition coefficient (Wildman–Crippen LogP) is 2.80. The van der Waals surface area contributed by atoms with E-state index < -0.39 is 0 Å². The molecule has 1 aromatic rings. The first-order valence-electron chi connectivity index (χ1n) is 5.47. The van der Waals surface area contributed by atoms with Crippen LogP contribution in [0.3, 0.4) is 0 Å². The van der Waals surface area contributed by atoms with Crippen LogP contribution in [0, 0.1) is 5.92 Å². The molecule has 2 nitrogen and oxygen atoms in total. The summed E-state index contributed by atoms with van der Waals surface area (Å²) in [5.41, 5.74) is 0. The lowest BCUT2D eigenvalue weighted by atomic mass is 10.1. The smallest absolute Gasteiger partial charge is 0.105 e. The Hall–Kier alpha value is -0.410. The number of hydrogen-bond acceptors (Lipinski definition) is 3. The van der Waals surface area contributed by atoms with Crippen LogP contribution in [0.1, 0.15) is 19.6 Å². The largest absolute Gasteiger partial charge is 0.469 e. The summed E-state index contributed by atoms with van der Waals surface area (Å²) in [6.45, 7) is 5.57. The average Bonchev–Trinajstić information content (AvgIpc) is 2.68. The monoisotopic (exact) mass is 227 g/mol. The van der Waals surface area contributed by atoms with Crippen molar-refractivity contribution in [3.63, 3.8) is 0 Å². The molecule has 86 valence electrons. The quantitative estimate of drug-likeness (QED) is 0.775. The number of rotatable bonds is 7. The normalized spacial score (nSPS) is 15.1. The maximum Gasteiger partial charge on any atom is 0.105 e. The van der Waals surface area contributed by atoms with E-state index in [0.717, 1.165) is 24.6 Å². The van der Waals surface area contributed by atoms with Crippen LogP contribution in [-0.4, -0.2) is 24.6 Å².